The van der Waals surface area contributed by atoms with Crippen LogP contribution in [0.25, 0.3) is 0 Å². The van der Waals surface area contributed by atoms with E-state index in [9.17, 15) is 9.59 Å². The van der Waals surface area contributed by atoms with Crippen molar-refractivity contribution in [2.24, 2.45) is 11.8 Å². The van der Waals surface area contributed by atoms with Gasteiger partial charge in [-0.1, -0.05) is 19.3 Å². The molecule has 25 heavy (non-hydrogen) atoms. The zero-order valence-electron chi connectivity index (χ0n) is 16.1. The fourth-order valence-corrected chi connectivity index (χ4v) is 5.07. The Bertz CT molecular complexity index is 479. The van der Waals surface area contributed by atoms with Crippen LogP contribution in [0.5, 0.6) is 0 Å². The summed E-state index contributed by atoms with van der Waals surface area (Å²) < 4.78 is 5.45. The lowest BCUT2D eigenvalue weighted by Crippen LogP contribution is -2.70. The maximum atomic E-state index is 12.6. The molecule has 0 bridgehead atoms. The number of amides is 2. The quantitative estimate of drug-likeness (QED) is 0.717. The Morgan fingerprint density at radius 3 is 2.32 bits per heavy atom. The van der Waals surface area contributed by atoms with Gasteiger partial charge in [0.1, 0.15) is 0 Å². The van der Waals surface area contributed by atoms with Crippen LogP contribution < -0.4 is 0 Å². The first kappa shape index (κ1) is 18.7. The Labute approximate surface area is 152 Å². The number of likely N-dealkylation sites (tertiary alicyclic amines) is 2. The number of hydrogen-bond donors (Lipinski definition) is 0. The highest BCUT2D eigenvalue weighted by molar-refractivity contribution is 5.88. The van der Waals surface area contributed by atoms with E-state index < -0.39 is 0 Å². The molecule has 5 nitrogen and oxygen atoms in total. The van der Waals surface area contributed by atoms with Crippen LogP contribution in [0.3, 0.4) is 0 Å². The predicted octanol–water partition coefficient (Wildman–Crippen LogP) is 2.83. The molecule has 3 fully saturated rings. The first-order valence-corrected chi connectivity index (χ1v) is 10.2. The molecule has 3 rings (SSSR count). The molecule has 0 aromatic rings. The van der Waals surface area contributed by atoms with Gasteiger partial charge in [0.15, 0.2) is 6.10 Å². The van der Waals surface area contributed by atoms with E-state index >= 15 is 0 Å². The van der Waals surface area contributed by atoms with Crippen molar-refractivity contribution in [3.8, 4) is 0 Å². The highest BCUT2D eigenvalue weighted by Gasteiger charge is 2.52. The lowest BCUT2D eigenvalue weighted by Gasteiger charge is -2.53. The molecule has 0 aromatic heterocycles. The summed E-state index contributed by atoms with van der Waals surface area (Å²) in [5.74, 6) is 1.53. The molecule has 2 atom stereocenters. The second-order valence-corrected chi connectivity index (χ2v) is 8.41. The second-order valence-electron chi connectivity index (χ2n) is 8.41. The summed E-state index contributed by atoms with van der Waals surface area (Å²) >= 11 is 0. The summed E-state index contributed by atoms with van der Waals surface area (Å²) in [6, 6.07) is 0.406. The predicted molar refractivity (Wildman–Crippen MR) is 97.1 cm³/mol. The Hall–Kier alpha value is -1.10. The SMILES string of the molecule is CO[C@H]1C(=O)N(C(C)C)[C@H]1C1CCN(C(=O)CC2CCCCC2)CC1. The van der Waals surface area contributed by atoms with Crippen LogP contribution in [0.4, 0.5) is 0 Å². The van der Waals surface area contributed by atoms with E-state index in [0.29, 0.717) is 17.7 Å². The molecule has 0 spiro atoms. The summed E-state index contributed by atoms with van der Waals surface area (Å²) in [5.41, 5.74) is 0. The molecule has 1 aliphatic carbocycles. The molecule has 0 aromatic carbocycles. The van der Waals surface area contributed by atoms with E-state index in [2.05, 4.69) is 18.7 Å². The highest BCUT2D eigenvalue weighted by atomic mass is 16.5. The molecule has 0 N–H and O–H groups in total. The Balaban J connectivity index is 1.51. The monoisotopic (exact) mass is 350 g/mol. The Kier molecular flexibility index (Phi) is 6.03. The van der Waals surface area contributed by atoms with Crippen molar-refractivity contribution < 1.29 is 14.3 Å². The lowest BCUT2D eigenvalue weighted by molar-refractivity contribution is -0.182. The Morgan fingerprint density at radius 1 is 1.12 bits per heavy atom. The first-order chi connectivity index (χ1) is 12.0. The highest BCUT2D eigenvalue weighted by Crippen LogP contribution is 2.36. The van der Waals surface area contributed by atoms with Crippen LogP contribution in [0.15, 0.2) is 0 Å². The molecule has 2 aliphatic heterocycles. The minimum atomic E-state index is -0.281. The van der Waals surface area contributed by atoms with Gasteiger partial charge >= 0.3 is 0 Å². The van der Waals surface area contributed by atoms with Gasteiger partial charge in [-0.05, 0) is 51.4 Å². The maximum Gasteiger partial charge on any atom is 0.254 e. The molecule has 3 aliphatic rings. The van der Waals surface area contributed by atoms with E-state index in [1.54, 1.807) is 7.11 Å². The van der Waals surface area contributed by atoms with Gasteiger partial charge in [0.05, 0.1) is 6.04 Å². The molecule has 2 heterocycles. The van der Waals surface area contributed by atoms with Crippen LogP contribution in [0.2, 0.25) is 0 Å². The van der Waals surface area contributed by atoms with E-state index in [1.165, 1.54) is 32.1 Å². The maximum absolute atomic E-state index is 12.6. The zero-order valence-corrected chi connectivity index (χ0v) is 16.1. The number of piperidine rings is 1. The van der Waals surface area contributed by atoms with Gasteiger partial charge in [0.25, 0.3) is 5.91 Å². The number of carbonyl (C=O) groups excluding carboxylic acids is 2. The van der Waals surface area contributed by atoms with E-state index in [0.717, 1.165) is 32.4 Å². The van der Waals surface area contributed by atoms with Gasteiger partial charge in [0, 0.05) is 32.7 Å². The summed E-state index contributed by atoms with van der Waals surface area (Å²) in [5, 5.41) is 0. The van der Waals surface area contributed by atoms with Crippen LogP contribution in [-0.2, 0) is 14.3 Å². The number of methoxy groups -OCH3 is 1. The van der Waals surface area contributed by atoms with Crippen LogP contribution in [0, 0.1) is 11.8 Å². The van der Waals surface area contributed by atoms with Crippen molar-refractivity contribution in [1.29, 1.82) is 0 Å². The average Bonchev–Trinajstić information content (AvgIpc) is 2.60. The summed E-state index contributed by atoms with van der Waals surface area (Å²) in [6.45, 7) is 5.81. The minimum absolute atomic E-state index is 0.123. The summed E-state index contributed by atoms with van der Waals surface area (Å²) in [4.78, 5) is 28.9. The third-order valence-corrected chi connectivity index (χ3v) is 6.50. The Morgan fingerprint density at radius 2 is 1.76 bits per heavy atom. The van der Waals surface area contributed by atoms with Gasteiger partial charge in [-0.25, -0.2) is 0 Å². The molecular formula is C20H34N2O3. The van der Waals surface area contributed by atoms with Crippen LogP contribution in [0.1, 0.15) is 65.2 Å². The summed E-state index contributed by atoms with van der Waals surface area (Å²) in [6.07, 6.45) is 8.80. The first-order valence-electron chi connectivity index (χ1n) is 10.2. The number of carbonyl (C=O) groups is 2. The smallest absolute Gasteiger partial charge is 0.254 e. The van der Waals surface area contributed by atoms with Crippen molar-refractivity contribution in [2.45, 2.75) is 83.4 Å². The van der Waals surface area contributed by atoms with Gasteiger partial charge in [-0.3, -0.25) is 9.59 Å². The molecular weight excluding hydrogens is 316 g/mol. The van der Waals surface area contributed by atoms with Gasteiger partial charge < -0.3 is 14.5 Å². The average molecular weight is 351 g/mol. The molecule has 5 heteroatoms. The van der Waals surface area contributed by atoms with Gasteiger partial charge in [-0.2, -0.15) is 0 Å². The zero-order chi connectivity index (χ0) is 18.0. The minimum Gasteiger partial charge on any atom is -0.369 e. The van der Waals surface area contributed by atoms with Crippen molar-refractivity contribution in [3.05, 3.63) is 0 Å². The second kappa shape index (κ2) is 8.07. The van der Waals surface area contributed by atoms with Crippen LogP contribution in [-0.4, -0.2) is 60.0 Å². The standard InChI is InChI=1S/C20H34N2O3/c1-14(2)22-18(19(25-3)20(22)24)16-9-11-21(12-10-16)17(23)13-15-7-5-4-6-8-15/h14-16,18-19H,4-13H2,1-3H3/t18-,19+/m0/s1. The topological polar surface area (TPSA) is 49.9 Å². The number of hydrogen-bond acceptors (Lipinski definition) is 3. The normalized spacial score (nSPS) is 29.2. The molecule has 1 saturated carbocycles. The van der Waals surface area contributed by atoms with Gasteiger partial charge in [-0.15, -0.1) is 0 Å². The number of nitrogens with zero attached hydrogens (tertiary/aromatic N) is 2. The number of β-lactam (4-membered cyclic amide) rings is 1. The largest absolute Gasteiger partial charge is 0.369 e. The summed E-state index contributed by atoms with van der Waals surface area (Å²) in [7, 11) is 1.63. The van der Waals surface area contributed by atoms with Crippen molar-refractivity contribution in [3.63, 3.8) is 0 Å². The fourth-order valence-electron chi connectivity index (χ4n) is 5.07. The van der Waals surface area contributed by atoms with Crippen molar-refractivity contribution in [2.75, 3.05) is 20.2 Å². The van der Waals surface area contributed by atoms with Gasteiger partial charge in [0.2, 0.25) is 5.91 Å². The van der Waals surface area contributed by atoms with Crippen LogP contribution >= 0.6 is 0 Å². The molecule has 2 saturated heterocycles. The fraction of sp³-hybridized carbons (Fsp3) is 0.900. The number of rotatable bonds is 5. The van der Waals surface area contributed by atoms with E-state index in [-0.39, 0.29) is 24.1 Å². The van der Waals surface area contributed by atoms with E-state index in [4.69, 9.17) is 4.74 Å². The van der Waals surface area contributed by atoms with E-state index in [1.807, 2.05) is 4.90 Å². The third-order valence-electron chi connectivity index (χ3n) is 6.50. The molecule has 142 valence electrons. The number of ether oxygens (including phenoxy) is 1. The molecule has 0 radical (unpaired) electrons. The van der Waals surface area contributed by atoms with Crippen molar-refractivity contribution in [1.82, 2.24) is 9.80 Å². The van der Waals surface area contributed by atoms with Crippen molar-refractivity contribution >= 4 is 11.8 Å². The lowest BCUT2D eigenvalue weighted by atomic mass is 9.79. The third kappa shape index (κ3) is 3.86. The molecule has 2 amide bonds. The molecule has 0 unspecified atom stereocenters.